The van der Waals surface area contributed by atoms with Crippen LogP contribution in [0.1, 0.15) is 17.2 Å². The fourth-order valence-corrected chi connectivity index (χ4v) is 2.71. The van der Waals surface area contributed by atoms with Crippen molar-refractivity contribution in [3.8, 4) is 17.4 Å². The highest BCUT2D eigenvalue weighted by atomic mass is 19.1. The van der Waals surface area contributed by atoms with Crippen molar-refractivity contribution in [2.24, 2.45) is 0 Å². The number of urea groups is 1. The first-order valence-corrected chi connectivity index (χ1v) is 9.22. The summed E-state index contributed by atoms with van der Waals surface area (Å²) in [7, 11) is 1.56. The number of aliphatic hydroxyl groups excluding tert-OH is 1. The summed E-state index contributed by atoms with van der Waals surface area (Å²) in [6.45, 7) is 1.81. The van der Waals surface area contributed by atoms with Crippen molar-refractivity contribution in [2.45, 2.75) is 13.0 Å². The van der Waals surface area contributed by atoms with E-state index in [1.165, 1.54) is 24.4 Å². The molecule has 1 unspecified atom stereocenters. The molecule has 7 nitrogen and oxygen atoms in total. The highest BCUT2D eigenvalue weighted by Crippen LogP contribution is 2.31. The lowest BCUT2D eigenvalue weighted by Gasteiger charge is -2.14. The summed E-state index contributed by atoms with van der Waals surface area (Å²) >= 11 is 0. The van der Waals surface area contributed by atoms with Gasteiger partial charge < -0.3 is 25.2 Å². The highest BCUT2D eigenvalue weighted by molar-refractivity contribution is 5.89. The van der Waals surface area contributed by atoms with Crippen LogP contribution < -0.4 is 20.1 Å². The van der Waals surface area contributed by atoms with Crippen molar-refractivity contribution in [3.63, 3.8) is 0 Å². The predicted molar refractivity (Wildman–Crippen MR) is 110 cm³/mol. The molecule has 0 aliphatic carbocycles. The Bertz CT molecular complexity index is 1010. The third-order valence-electron chi connectivity index (χ3n) is 4.25. The van der Waals surface area contributed by atoms with Gasteiger partial charge in [-0.1, -0.05) is 24.3 Å². The van der Waals surface area contributed by atoms with Gasteiger partial charge in [-0.3, -0.25) is 0 Å². The van der Waals surface area contributed by atoms with E-state index in [4.69, 9.17) is 9.47 Å². The zero-order valence-corrected chi connectivity index (χ0v) is 16.6. The molecule has 2 aromatic carbocycles. The van der Waals surface area contributed by atoms with E-state index in [2.05, 4.69) is 15.6 Å². The highest BCUT2D eigenvalue weighted by Gasteiger charge is 2.13. The van der Waals surface area contributed by atoms with Crippen LogP contribution in [0.5, 0.6) is 17.4 Å². The van der Waals surface area contributed by atoms with E-state index >= 15 is 0 Å². The zero-order chi connectivity index (χ0) is 21.5. The van der Waals surface area contributed by atoms with Gasteiger partial charge in [0.1, 0.15) is 5.82 Å². The summed E-state index contributed by atoms with van der Waals surface area (Å²) in [5, 5.41) is 15.1. The van der Waals surface area contributed by atoms with Crippen molar-refractivity contribution in [1.29, 1.82) is 0 Å². The van der Waals surface area contributed by atoms with Gasteiger partial charge in [-0.2, -0.15) is 0 Å². The van der Waals surface area contributed by atoms with Crippen LogP contribution in [0, 0.1) is 12.7 Å². The summed E-state index contributed by atoms with van der Waals surface area (Å²) < 4.78 is 24.7. The van der Waals surface area contributed by atoms with Gasteiger partial charge in [-0.15, -0.1) is 0 Å². The lowest BCUT2D eigenvalue weighted by atomic mass is 10.1. The number of hydrogen-bond donors (Lipinski definition) is 3. The Kier molecular flexibility index (Phi) is 6.82. The van der Waals surface area contributed by atoms with E-state index in [0.717, 1.165) is 5.56 Å². The third-order valence-corrected chi connectivity index (χ3v) is 4.25. The number of anilines is 1. The number of halogens is 1. The number of nitrogens with one attached hydrogen (secondary N) is 2. The molecule has 30 heavy (non-hydrogen) atoms. The second-order valence-corrected chi connectivity index (χ2v) is 6.51. The molecule has 2 amide bonds. The van der Waals surface area contributed by atoms with Gasteiger partial charge >= 0.3 is 6.03 Å². The average Bonchev–Trinajstić information content (AvgIpc) is 2.75. The van der Waals surface area contributed by atoms with Crippen LogP contribution in [-0.4, -0.2) is 29.8 Å². The maximum Gasteiger partial charge on any atom is 0.319 e. The lowest BCUT2D eigenvalue weighted by molar-refractivity contribution is 0.170. The monoisotopic (exact) mass is 411 g/mol. The molecule has 0 saturated heterocycles. The Labute approximate surface area is 173 Å². The van der Waals surface area contributed by atoms with E-state index in [1.54, 1.807) is 31.4 Å². The third kappa shape index (κ3) is 5.45. The van der Waals surface area contributed by atoms with E-state index in [-0.39, 0.29) is 12.1 Å². The van der Waals surface area contributed by atoms with Crippen molar-refractivity contribution in [1.82, 2.24) is 10.3 Å². The first kappa shape index (κ1) is 21.1. The Balaban J connectivity index is 1.54. The molecule has 3 rings (SSSR count). The number of carbonyl (C=O) groups is 1. The second-order valence-electron chi connectivity index (χ2n) is 6.51. The molecule has 0 radical (unpaired) electrons. The Morgan fingerprint density at radius 3 is 2.67 bits per heavy atom. The largest absolute Gasteiger partial charge is 0.493 e. The number of methoxy groups -OCH3 is 1. The number of nitrogens with zero attached hydrogens (tertiary/aromatic N) is 1. The topological polar surface area (TPSA) is 92.7 Å². The molecule has 8 heteroatoms. The molecule has 0 spiro atoms. The summed E-state index contributed by atoms with van der Waals surface area (Å²) in [4.78, 5) is 16.2. The second kappa shape index (κ2) is 9.71. The molecule has 0 saturated carbocycles. The molecule has 0 aliphatic heterocycles. The molecular weight excluding hydrogens is 389 g/mol. The van der Waals surface area contributed by atoms with Crippen LogP contribution in [0.25, 0.3) is 0 Å². The number of pyridine rings is 1. The van der Waals surface area contributed by atoms with Crippen molar-refractivity contribution in [2.75, 3.05) is 19.0 Å². The molecule has 0 bridgehead atoms. The zero-order valence-electron chi connectivity index (χ0n) is 16.6. The van der Waals surface area contributed by atoms with E-state index in [9.17, 15) is 14.3 Å². The number of carbonyl (C=O) groups excluding carboxylic acids is 1. The number of rotatable bonds is 7. The fourth-order valence-electron chi connectivity index (χ4n) is 2.71. The first-order chi connectivity index (χ1) is 14.5. The molecule has 1 atom stereocenters. The quantitative estimate of drug-likeness (QED) is 0.542. The molecule has 3 aromatic rings. The van der Waals surface area contributed by atoms with Gasteiger partial charge in [-0.05, 0) is 36.8 Å². The van der Waals surface area contributed by atoms with Crippen LogP contribution in [0.15, 0.2) is 60.8 Å². The van der Waals surface area contributed by atoms with E-state index in [0.29, 0.717) is 23.1 Å². The van der Waals surface area contributed by atoms with Crippen LogP contribution in [0.4, 0.5) is 14.9 Å². The minimum atomic E-state index is -1.16. The van der Waals surface area contributed by atoms with E-state index < -0.39 is 18.0 Å². The number of hydrogen-bond acceptors (Lipinski definition) is 5. The number of amides is 2. The van der Waals surface area contributed by atoms with Crippen LogP contribution in [0.2, 0.25) is 0 Å². The number of aryl methyl sites for hydroxylation is 1. The summed E-state index contributed by atoms with van der Waals surface area (Å²) in [6, 6.07) is 14.1. The fraction of sp³-hybridized carbons (Fsp3) is 0.182. The lowest BCUT2D eigenvalue weighted by Crippen LogP contribution is -2.32. The van der Waals surface area contributed by atoms with Gasteiger partial charge in [-0.25, -0.2) is 14.2 Å². The summed E-state index contributed by atoms with van der Waals surface area (Å²) in [5.74, 6) is 0.915. The van der Waals surface area contributed by atoms with Crippen LogP contribution in [0.3, 0.4) is 0 Å². The maximum absolute atomic E-state index is 13.7. The smallest absolute Gasteiger partial charge is 0.319 e. The molecule has 0 fully saturated rings. The van der Waals surface area contributed by atoms with Gasteiger partial charge in [0, 0.05) is 18.2 Å². The normalized spacial score (nSPS) is 11.5. The minimum Gasteiger partial charge on any atom is -0.493 e. The van der Waals surface area contributed by atoms with Crippen LogP contribution in [-0.2, 0) is 0 Å². The molecule has 3 N–H and O–H groups in total. The van der Waals surface area contributed by atoms with Crippen molar-refractivity contribution in [3.05, 3.63) is 77.7 Å². The Morgan fingerprint density at radius 1 is 1.17 bits per heavy atom. The van der Waals surface area contributed by atoms with Gasteiger partial charge in [0.15, 0.2) is 11.5 Å². The molecule has 0 aliphatic rings. The van der Waals surface area contributed by atoms with Crippen LogP contribution >= 0.6 is 0 Å². The van der Waals surface area contributed by atoms with Gasteiger partial charge in [0.25, 0.3) is 0 Å². The SMILES string of the molecule is COc1cc(C)ccc1Oc1ccc(NC(=O)NCC(O)c2ccccc2F)cn1. The van der Waals surface area contributed by atoms with Gasteiger partial charge in [0.2, 0.25) is 5.88 Å². The minimum absolute atomic E-state index is 0.118. The van der Waals surface area contributed by atoms with Crippen molar-refractivity contribution >= 4 is 11.7 Å². The number of aliphatic hydroxyl groups is 1. The Hall–Kier alpha value is -3.65. The first-order valence-electron chi connectivity index (χ1n) is 9.22. The Morgan fingerprint density at radius 2 is 1.97 bits per heavy atom. The average molecular weight is 411 g/mol. The molecule has 1 heterocycles. The maximum atomic E-state index is 13.7. The number of benzene rings is 2. The van der Waals surface area contributed by atoms with Gasteiger partial charge in [0.05, 0.1) is 25.1 Å². The molecular formula is C22H22FN3O4. The summed E-state index contributed by atoms with van der Waals surface area (Å²) in [5.41, 5.74) is 1.58. The number of ether oxygens (including phenoxy) is 2. The summed E-state index contributed by atoms with van der Waals surface area (Å²) in [6.07, 6.45) is 0.276. The van der Waals surface area contributed by atoms with E-state index in [1.807, 2.05) is 19.1 Å². The standard InChI is InChI=1S/C22H22FN3O4/c1-14-7-9-19(20(11-14)29-2)30-21-10-8-15(12-24-21)26-22(28)25-13-18(27)16-5-3-4-6-17(16)23/h3-12,18,27H,13H2,1-2H3,(H2,25,26,28). The predicted octanol–water partition coefficient (Wildman–Crippen LogP) is 4.19. The molecule has 156 valence electrons. The number of aromatic nitrogens is 1. The van der Waals surface area contributed by atoms with Crippen molar-refractivity contribution < 1.29 is 23.8 Å². The molecule has 1 aromatic heterocycles.